The summed E-state index contributed by atoms with van der Waals surface area (Å²) in [7, 11) is 0. The van der Waals surface area contributed by atoms with Gasteiger partial charge in [-0.15, -0.1) is 0 Å². The van der Waals surface area contributed by atoms with Gasteiger partial charge in [0.25, 0.3) is 0 Å². The number of pyridine rings is 1. The van der Waals surface area contributed by atoms with E-state index in [1.807, 2.05) is 6.07 Å². The second kappa shape index (κ2) is 3.82. The number of nitrogens with two attached hydrogens (primary N) is 1. The van der Waals surface area contributed by atoms with Crippen molar-refractivity contribution in [1.29, 1.82) is 0 Å². The molecular formula is C15H20N2O. The first-order chi connectivity index (χ1) is 8.54. The van der Waals surface area contributed by atoms with Gasteiger partial charge in [-0.3, -0.25) is 4.79 Å². The van der Waals surface area contributed by atoms with Crippen LogP contribution in [0.4, 0.5) is 0 Å². The predicted octanol–water partition coefficient (Wildman–Crippen LogP) is 2.08. The summed E-state index contributed by atoms with van der Waals surface area (Å²) in [5, 5.41) is 0. The van der Waals surface area contributed by atoms with Gasteiger partial charge in [0, 0.05) is 11.8 Å². The Hall–Kier alpha value is -1.35. The van der Waals surface area contributed by atoms with Gasteiger partial charge < -0.3 is 10.7 Å². The molecule has 1 heterocycles. The van der Waals surface area contributed by atoms with E-state index >= 15 is 0 Å². The minimum absolute atomic E-state index is 0.0209. The third-order valence-corrected chi connectivity index (χ3v) is 4.56. The molecule has 0 radical (unpaired) electrons. The van der Waals surface area contributed by atoms with Gasteiger partial charge in [0.2, 0.25) is 5.56 Å². The average Bonchev–Trinajstić information content (AvgIpc) is 2.26. The minimum atomic E-state index is -0.366. The SMILES string of the molecule is C/C=C1\C2Cc3[nH]c(=O)ccc3C1(N)C[C@H](C)C2. The molecule has 3 nitrogen and oxygen atoms in total. The molecule has 2 aliphatic carbocycles. The van der Waals surface area contributed by atoms with Crippen molar-refractivity contribution in [2.45, 2.75) is 38.6 Å². The molecule has 0 amide bonds. The molecule has 96 valence electrons. The number of hydrogen-bond acceptors (Lipinski definition) is 2. The van der Waals surface area contributed by atoms with Crippen molar-refractivity contribution in [3.05, 3.63) is 45.4 Å². The van der Waals surface area contributed by atoms with Crippen LogP contribution in [0.15, 0.2) is 28.6 Å². The second-order valence-electron chi connectivity index (χ2n) is 5.88. The number of allylic oxidation sites excluding steroid dienone is 1. The number of aromatic nitrogens is 1. The largest absolute Gasteiger partial charge is 0.326 e. The van der Waals surface area contributed by atoms with Crippen molar-refractivity contribution in [3.63, 3.8) is 0 Å². The summed E-state index contributed by atoms with van der Waals surface area (Å²) in [5.41, 5.74) is 9.86. The van der Waals surface area contributed by atoms with Gasteiger partial charge in [-0.05, 0) is 55.2 Å². The van der Waals surface area contributed by atoms with Crippen molar-refractivity contribution >= 4 is 0 Å². The molecule has 1 fully saturated rings. The summed E-state index contributed by atoms with van der Waals surface area (Å²) < 4.78 is 0. The van der Waals surface area contributed by atoms with Gasteiger partial charge >= 0.3 is 0 Å². The number of hydrogen-bond donors (Lipinski definition) is 2. The molecule has 0 aromatic carbocycles. The highest BCUT2D eigenvalue weighted by Crippen LogP contribution is 2.50. The van der Waals surface area contributed by atoms with Crippen LogP contribution in [-0.4, -0.2) is 4.98 Å². The van der Waals surface area contributed by atoms with Gasteiger partial charge in [-0.1, -0.05) is 13.0 Å². The van der Waals surface area contributed by atoms with E-state index in [0.29, 0.717) is 11.8 Å². The zero-order valence-corrected chi connectivity index (χ0v) is 11.0. The summed E-state index contributed by atoms with van der Waals surface area (Å²) in [4.78, 5) is 14.4. The van der Waals surface area contributed by atoms with Crippen LogP contribution in [0.3, 0.4) is 0 Å². The van der Waals surface area contributed by atoms with Crippen molar-refractivity contribution in [1.82, 2.24) is 4.98 Å². The third-order valence-electron chi connectivity index (χ3n) is 4.56. The first kappa shape index (κ1) is 11.7. The molecule has 18 heavy (non-hydrogen) atoms. The fourth-order valence-corrected chi connectivity index (χ4v) is 4.02. The number of nitrogens with one attached hydrogen (secondary N) is 1. The molecule has 3 rings (SSSR count). The van der Waals surface area contributed by atoms with Crippen LogP contribution in [0.25, 0.3) is 0 Å². The van der Waals surface area contributed by atoms with Gasteiger partial charge in [-0.25, -0.2) is 0 Å². The van der Waals surface area contributed by atoms with Crippen molar-refractivity contribution in [2.75, 3.05) is 0 Å². The van der Waals surface area contributed by atoms with Gasteiger partial charge in [0.15, 0.2) is 0 Å². The summed E-state index contributed by atoms with van der Waals surface area (Å²) >= 11 is 0. The molecule has 2 aliphatic rings. The molecule has 3 atom stereocenters. The highest BCUT2D eigenvalue weighted by molar-refractivity contribution is 5.44. The average molecular weight is 244 g/mol. The molecule has 1 saturated carbocycles. The smallest absolute Gasteiger partial charge is 0.248 e. The van der Waals surface area contributed by atoms with Crippen LogP contribution in [0.2, 0.25) is 0 Å². The zero-order chi connectivity index (χ0) is 12.9. The van der Waals surface area contributed by atoms with E-state index in [2.05, 4.69) is 24.9 Å². The van der Waals surface area contributed by atoms with E-state index in [1.54, 1.807) is 6.07 Å². The molecule has 2 bridgehead atoms. The lowest BCUT2D eigenvalue weighted by Crippen LogP contribution is -2.50. The number of H-pyrrole nitrogens is 1. The standard InChI is InChI=1S/C15H20N2O/c1-3-11-10-6-9(2)8-15(11,16)12-4-5-14(18)17-13(12)7-10/h3-5,9-10H,6-8,16H2,1-2H3,(H,17,18)/b11-3+/t9-,10?,15?/m1/s1. The topological polar surface area (TPSA) is 58.9 Å². The fraction of sp³-hybridized carbons (Fsp3) is 0.533. The van der Waals surface area contributed by atoms with E-state index in [-0.39, 0.29) is 11.1 Å². The summed E-state index contributed by atoms with van der Waals surface area (Å²) in [5.74, 6) is 1.14. The van der Waals surface area contributed by atoms with E-state index in [4.69, 9.17) is 5.73 Å². The third kappa shape index (κ3) is 1.50. The lowest BCUT2D eigenvalue weighted by atomic mass is 9.60. The lowest BCUT2D eigenvalue weighted by molar-refractivity contribution is 0.231. The maximum Gasteiger partial charge on any atom is 0.248 e. The van der Waals surface area contributed by atoms with Crippen LogP contribution in [0.1, 0.15) is 37.9 Å². The quantitative estimate of drug-likeness (QED) is 0.686. The van der Waals surface area contributed by atoms with Crippen LogP contribution in [0, 0.1) is 11.8 Å². The Kier molecular flexibility index (Phi) is 2.49. The molecule has 0 saturated heterocycles. The summed E-state index contributed by atoms with van der Waals surface area (Å²) in [6.45, 7) is 4.36. The normalized spacial score (nSPS) is 36.5. The Labute approximate surface area is 107 Å². The van der Waals surface area contributed by atoms with Crippen molar-refractivity contribution < 1.29 is 0 Å². The fourth-order valence-electron chi connectivity index (χ4n) is 4.02. The summed E-state index contributed by atoms with van der Waals surface area (Å²) in [6.07, 6.45) is 5.26. The van der Waals surface area contributed by atoms with Crippen LogP contribution in [-0.2, 0) is 12.0 Å². The molecular weight excluding hydrogens is 224 g/mol. The molecule has 3 N–H and O–H groups in total. The highest BCUT2D eigenvalue weighted by Gasteiger charge is 2.46. The Morgan fingerprint density at radius 1 is 1.50 bits per heavy atom. The number of fused-ring (bicyclic) bond motifs is 4. The molecule has 1 aromatic rings. The Bertz CT molecular complexity index is 572. The van der Waals surface area contributed by atoms with E-state index in [0.717, 1.165) is 24.1 Å². The molecule has 0 aliphatic heterocycles. The minimum Gasteiger partial charge on any atom is -0.326 e. The van der Waals surface area contributed by atoms with E-state index in [9.17, 15) is 4.79 Å². The zero-order valence-electron chi connectivity index (χ0n) is 11.0. The molecule has 2 unspecified atom stereocenters. The molecule has 1 aromatic heterocycles. The Morgan fingerprint density at radius 3 is 3.00 bits per heavy atom. The van der Waals surface area contributed by atoms with Crippen LogP contribution >= 0.6 is 0 Å². The summed E-state index contributed by atoms with van der Waals surface area (Å²) in [6, 6.07) is 3.52. The monoisotopic (exact) mass is 244 g/mol. The predicted molar refractivity (Wildman–Crippen MR) is 72.3 cm³/mol. The highest BCUT2D eigenvalue weighted by atomic mass is 16.1. The Balaban J connectivity index is 2.23. The number of rotatable bonds is 0. The number of aromatic amines is 1. The van der Waals surface area contributed by atoms with Gasteiger partial charge in [0.1, 0.15) is 0 Å². The maximum atomic E-state index is 11.5. The van der Waals surface area contributed by atoms with Gasteiger partial charge in [-0.2, -0.15) is 0 Å². The van der Waals surface area contributed by atoms with Gasteiger partial charge in [0.05, 0.1) is 5.54 Å². The van der Waals surface area contributed by atoms with Crippen molar-refractivity contribution in [2.24, 2.45) is 17.6 Å². The maximum absolute atomic E-state index is 11.5. The van der Waals surface area contributed by atoms with Crippen LogP contribution < -0.4 is 11.3 Å². The van der Waals surface area contributed by atoms with Crippen molar-refractivity contribution in [3.8, 4) is 0 Å². The van der Waals surface area contributed by atoms with Crippen LogP contribution in [0.5, 0.6) is 0 Å². The lowest BCUT2D eigenvalue weighted by Gasteiger charge is -2.48. The van der Waals surface area contributed by atoms with E-state index < -0.39 is 0 Å². The first-order valence-electron chi connectivity index (χ1n) is 6.73. The first-order valence-corrected chi connectivity index (χ1v) is 6.73. The molecule has 3 heteroatoms. The Morgan fingerprint density at radius 2 is 2.28 bits per heavy atom. The van der Waals surface area contributed by atoms with E-state index in [1.165, 1.54) is 12.0 Å². The molecule has 0 spiro atoms. The second-order valence-corrected chi connectivity index (χ2v) is 5.88.